The lowest BCUT2D eigenvalue weighted by atomic mass is 10.0. The van der Waals surface area contributed by atoms with Crippen molar-refractivity contribution in [2.24, 2.45) is 0 Å². The Balaban J connectivity index is 1.59. The van der Waals surface area contributed by atoms with E-state index >= 15 is 0 Å². The van der Waals surface area contributed by atoms with Gasteiger partial charge in [0.2, 0.25) is 0 Å². The molecule has 0 bridgehead atoms. The van der Waals surface area contributed by atoms with Crippen LogP contribution < -0.4 is 4.74 Å². The number of Topliss-reactive ketones (excluding diaryl/α,β-unsaturated/α-hetero) is 1. The fourth-order valence-corrected chi connectivity index (χ4v) is 3.84. The molecule has 3 aromatic rings. The van der Waals surface area contributed by atoms with Crippen molar-refractivity contribution >= 4 is 40.7 Å². The predicted octanol–water partition coefficient (Wildman–Crippen LogP) is 6.36. The van der Waals surface area contributed by atoms with Crippen LogP contribution in [-0.2, 0) is 6.61 Å². The van der Waals surface area contributed by atoms with Crippen LogP contribution in [0.15, 0.2) is 46.0 Å². The van der Waals surface area contributed by atoms with E-state index in [-0.39, 0.29) is 18.1 Å². The maximum Gasteiger partial charge on any atom is 0.277 e. The number of rotatable bonds is 8. The van der Waals surface area contributed by atoms with Crippen molar-refractivity contribution in [2.75, 3.05) is 5.75 Å². The highest BCUT2D eigenvalue weighted by molar-refractivity contribution is 7.99. The number of aryl methyl sites for hydroxylation is 1. The smallest absolute Gasteiger partial charge is 0.277 e. The molecule has 0 fully saturated rings. The number of ketones is 1. The third-order valence-corrected chi connectivity index (χ3v) is 5.52. The van der Waals surface area contributed by atoms with Gasteiger partial charge in [-0.2, -0.15) is 0 Å². The van der Waals surface area contributed by atoms with Gasteiger partial charge in [0.15, 0.2) is 12.4 Å². The summed E-state index contributed by atoms with van der Waals surface area (Å²) in [4.78, 5) is 12.3. The molecule has 8 heteroatoms. The summed E-state index contributed by atoms with van der Waals surface area (Å²) in [7, 11) is 0. The first-order valence-electron chi connectivity index (χ1n) is 9.00. The normalized spacial score (nSPS) is 11.1. The number of hydrogen-bond acceptors (Lipinski definition) is 6. The first-order valence-corrected chi connectivity index (χ1v) is 10.7. The van der Waals surface area contributed by atoms with E-state index in [2.05, 4.69) is 36.2 Å². The van der Waals surface area contributed by atoms with Crippen LogP contribution in [0.3, 0.4) is 0 Å². The van der Waals surface area contributed by atoms with Crippen LogP contribution in [0.2, 0.25) is 10.0 Å². The van der Waals surface area contributed by atoms with Gasteiger partial charge < -0.3 is 9.15 Å². The summed E-state index contributed by atoms with van der Waals surface area (Å²) in [6.45, 7) is 6.40. The second-order valence-electron chi connectivity index (χ2n) is 6.78. The molecule has 0 amide bonds. The van der Waals surface area contributed by atoms with Gasteiger partial charge in [-0.15, -0.1) is 10.2 Å². The van der Waals surface area contributed by atoms with Gasteiger partial charge in [-0.3, -0.25) is 4.79 Å². The van der Waals surface area contributed by atoms with E-state index < -0.39 is 0 Å². The number of carbonyl (C=O) groups excluding carboxylic acids is 1. The molecule has 0 saturated carbocycles. The number of carbonyl (C=O) groups is 1. The lowest BCUT2D eigenvalue weighted by molar-refractivity contribution is 0.102. The van der Waals surface area contributed by atoms with Crippen LogP contribution >= 0.6 is 35.0 Å². The molecule has 29 heavy (non-hydrogen) atoms. The molecule has 1 heterocycles. The van der Waals surface area contributed by atoms with E-state index in [1.807, 2.05) is 13.0 Å². The number of aromatic nitrogens is 2. The molecule has 0 N–H and O–H groups in total. The van der Waals surface area contributed by atoms with Crippen LogP contribution in [0.1, 0.15) is 47.1 Å². The lowest BCUT2D eigenvalue weighted by Gasteiger charge is -2.13. The van der Waals surface area contributed by atoms with Gasteiger partial charge >= 0.3 is 0 Å². The van der Waals surface area contributed by atoms with Gasteiger partial charge in [0.1, 0.15) is 5.75 Å². The monoisotopic (exact) mass is 450 g/mol. The van der Waals surface area contributed by atoms with Crippen LogP contribution in [0.5, 0.6) is 5.75 Å². The lowest BCUT2D eigenvalue weighted by Crippen LogP contribution is -2.03. The van der Waals surface area contributed by atoms with Crippen LogP contribution in [0.25, 0.3) is 0 Å². The third-order valence-electron chi connectivity index (χ3n) is 4.15. The Hall–Kier alpha value is -2.02. The molecule has 0 aliphatic carbocycles. The summed E-state index contributed by atoms with van der Waals surface area (Å²) >= 11 is 13.1. The molecule has 0 aliphatic rings. The minimum Gasteiger partial charge on any atom is -0.484 e. The van der Waals surface area contributed by atoms with Gasteiger partial charge in [0.25, 0.3) is 11.1 Å². The Bertz CT molecular complexity index is 1020. The van der Waals surface area contributed by atoms with Crippen molar-refractivity contribution in [2.45, 2.75) is 38.5 Å². The van der Waals surface area contributed by atoms with E-state index in [4.69, 9.17) is 32.4 Å². The number of thioether (sulfide) groups is 1. The maximum atomic E-state index is 12.3. The second kappa shape index (κ2) is 9.65. The summed E-state index contributed by atoms with van der Waals surface area (Å²) < 4.78 is 11.5. The van der Waals surface area contributed by atoms with Gasteiger partial charge in [-0.05, 0) is 48.2 Å². The van der Waals surface area contributed by atoms with Crippen molar-refractivity contribution in [3.8, 4) is 5.75 Å². The number of ether oxygens (including phenoxy) is 1. The van der Waals surface area contributed by atoms with Gasteiger partial charge in [0.05, 0.1) is 10.8 Å². The van der Waals surface area contributed by atoms with Gasteiger partial charge in [0, 0.05) is 10.6 Å². The fraction of sp³-hybridized carbons (Fsp3) is 0.286. The number of halogens is 2. The first-order chi connectivity index (χ1) is 13.8. The number of benzene rings is 2. The van der Waals surface area contributed by atoms with E-state index in [9.17, 15) is 4.79 Å². The topological polar surface area (TPSA) is 65.2 Å². The summed E-state index contributed by atoms with van der Waals surface area (Å²) in [5.74, 6) is 1.47. The zero-order valence-corrected chi connectivity index (χ0v) is 18.6. The molecule has 0 aliphatic heterocycles. The molecular weight excluding hydrogens is 431 g/mol. The molecule has 2 aromatic carbocycles. The maximum absolute atomic E-state index is 12.3. The average molecular weight is 451 g/mol. The van der Waals surface area contributed by atoms with E-state index in [1.54, 1.807) is 18.2 Å². The molecule has 5 nitrogen and oxygen atoms in total. The average Bonchev–Trinajstić information content (AvgIpc) is 3.12. The molecule has 152 valence electrons. The highest BCUT2D eigenvalue weighted by Crippen LogP contribution is 2.29. The predicted molar refractivity (Wildman–Crippen MR) is 115 cm³/mol. The Morgan fingerprint density at radius 3 is 2.69 bits per heavy atom. The fourth-order valence-electron chi connectivity index (χ4n) is 2.66. The molecule has 1 aromatic heterocycles. The van der Waals surface area contributed by atoms with Crippen molar-refractivity contribution in [1.29, 1.82) is 0 Å². The van der Waals surface area contributed by atoms with Gasteiger partial charge in [-0.25, -0.2) is 0 Å². The van der Waals surface area contributed by atoms with Crippen molar-refractivity contribution in [3.05, 3.63) is 69.0 Å². The highest BCUT2D eigenvalue weighted by atomic mass is 35.5. The van der Waals surface area contributed by atoms with E-state index in [1.165, 1.54) is 0 Å². The summed E-state index contributed by atoms with van der Waals surface area (Å²) in [6.07, 6.45) is 0. The van der Waals surface area contributed by atoms with E-state index in [0.29, 0.717) is 32.6 Å². The van der Waals surface area contributed by atoms with Gasteiger partial charge in [-0.1, -0.05) is 60.9 Å². The Morgan fingerprint density at radius 1 is 1.17 bits per heavy atom. The SMILES string of the molecule is Cc1ccc(C(C)C)c(OCc2nnc(SCC(=O)c3ccc(Cl)cc3Cl)o2)c1. The number of nitrogens with zero attached hydrogens (tertiary/aromatic N) is 2. The zero-order valence-electron chi connectivity index (χ0n) is 16.2. The molecule has 0 atom stereocenters. The van der Waals surface area contributed by atoms with Crippen molar-refractivity contribution in [3.63, 3.8) is 0 Å². The van der Waals surface area contributed by atoms with Crippen LogP contribution in [0.4, 0.5) is 0 Å². The van der Waals surface area contributed by atoms with Crippen LogP contribution in [0, 0.1) is 6.92 Å². The molecular formula is C21H20Cl2N2O3S. The summed E-state index contributed by atoms with van der Waals surface area (Å²) in [6, 6.07) is 10.9. The molecule has 3 rings (SSSR count). The Labute approximate surface area is 183 Å². The first kappa shape index (κ1) is 21.7. The largest absolute Gasteiger partial charge is 0.484 e. The van der Waals surface area contributed by atoms with E-state index in [0.717, 1.165) is 28.6 Å². The standard InChI is InChI=1S/C21H20Cl2N2O3S/c1-12(2)15-6-4-13(3)8-19(15)27-10-20-24-25-21(28-20)29-11-18(26)16-7-5-14(22)9-17(16)23/h4-9,12H,10-11H2,1-3H3. The Kier molecular flexibility index (Phi) is 7.22. The van der Waals surface area contributed by atoms with Crippen LogP contribution in [-0.4, -0.2) is 21.7 Å². The number of hydrogen-bond donors (Lipinski definition) is 0. The molecule has 0 unspecified atom stereocenters. The highest BCUT2D eigenvalue weighted by Gasteiger charge is 2.15. The minimum absolute atomic E-state index is 0.124. The third kappa shape index (κ3) is 5.75. The summed E-state index contributed by atoms with van der Waals surface area (Å²) in [5, 5.41) is 9.06. The molecule has 0 saturated heterocycles. The minimum atomic E-state index is -0.144. The quantitative estimate of drug-likeness (QED) is 0.293. The van der Waals surface area contributed by atoms with Crippen molar-refractivity contribution in [1.82, 2.24) is 10.2 Å². The summed E-state index contributed by atoms with van der Waals surface area (Å²) in [5.41, 5.74) is 2.65. The molecule has 0 spiro atoms. The zero-order chi connectivity index (χ0) is 21.0. The molecule has 0 radical (unpaired) electrons. The van der Waals surface area contributed by atoms with Crippen molar-refractivity contribution < 1.29 is 13.9 Å². The second-order valence-corrected chi connectivity index (χ2v) is 8.55. The Morgan fingerprint density at radius 2 is 1.97 bits per heavy atom.